The van der Waals surface area contributed by atoms with Crippen molar-refractivity contribution in [3.63, 3.8) is 0 Å². The second-order valence-corrected chi connectivity index (χ2v) is 9.51. The third-order valence-corrected chi connectivity index (χ3v) is 7.22. The molecule has 2 aromatic rings. The van der Waals surface area contributed by atoms with Crippen molar-refractivity contribution in [2.75, 3.05) is 32.1 Å². The molecule has 3 saturated heterocycles. The van der Waals surface area contributed by atoms with Gasteiger partial charge in [-0.3, -0.25) is 19.9 Å². The van der Waals surface area contributed by atoms with Crippen molar-refractivity contribution in [1.29, 1.82) is 0 Å². The van der Waals surface area contributed by atoms with Crippen LogP contribution >= 0.6 is 11.6 Å². The largest absolute Gasteiger partial charge is 0.497 e. The maximum Gasteiger partial charge on any atom is 0.328 e. The molecule has 0 aromatic heterocycles. The minimum atomic E-state index is -0.596. The summed E-state index contributed by atoms with van der Waals surface area (Å²) in [4.78, 5) is 33.8. The Balaban J connectivity index is 1.46. The molecule has 1 N–H and O–H groups in total. The lowest BCUT2D eigenvalue weighted by Gasteiger charge is -2.46. The number of ether oxygens (including phenoxy) is 1. The van der Waals surface area contributed by atoms with E-state index in [9.17, 15) is 14.0 Å². The van der Waals surface area contributed by atoms with Crippen LogP contribution in [0.5, 0.6) is 5.75 Å². The average Bonchev–Trinajstić information content (AvgIpc) is 3.21. The smallest absolute Gasteiger partial charge is 0.328 e. The Hall–Kier alpha value is -2.88. The number of nitrogens with one attached hydrogen (secondary N) is 1. The Labute approximate surface area is 202 Å². The number of amides is 3. The molecule has 180 valence electrons. The van der Waals surface area contributed by atoms with Crippen molar-refractivity contribution >= 4 is 29.2 Å². The number of anilines is 1. The Morgan fingerprint density at radius 1 is 1.15 bits per heavy atom. The van der Waals surface area contributed by atoms with Gasteiger partial charge in [0.1, 0.15) is 30.1 Å². The fourth-order valence-electron chi connectivity index (χ4n) is 5.18. The molecule has 0 saturated carbocycles. The lowest BCUT2D eigenvalue weighted by atomic mass is 10.0. The molecule has 10 heteroatoms. The number of carbonyl (C=O) groups excluding carboxylic acids is 2. The van der Waals surface area contributed by atoms with Crippen molar-refractivity contribution in [3.8, 4) is 5.75 Å². The van der Waals surface area contributed by atoms with Gasteiger partial charge in [0.2, 0.25) is 0 Å². The summed E-state index contributed by atoms with van der Waals surface area (Å²) in [6, 6.07) is 11.0. The fourth-order valence-corrected chi connectivity index (χ4v) is 5.40. The quantitative estimate of drug-likeness (QED) is 0.715. The third kappa shape index (κ3) is 3.68. The summed E-state index contributed by atoms with van der Waals surface area (Å²) in [5, 5.41) is 3.67. The number of hydrogen-bond acceptors (Lipinski definition) is 6. The molecule has 5 rings (SSSR count). The van der Waals surface area contributed by atoms with Gasteiger partial charge in [-0.05, 0) is 42.3 Å². The summed E-state index contributed by atoms with van der Waals surface area (Å²) in [7, 11) is 3.29. The molecule has 0 spiro atoms. The van der Waals surface area contributed by atoms with Gasteiger partial charge in [0.25, 0.3) is 5.91 Å². The molecular weight excluding hydrogens is 461 g/mol. The monoisotopic (exact) mass is 487 g/mol. The highest BCUT2D eigenvalue weighted by atomic mass is 35.5. The molecule has 4 unspecified atom stereocenters. The van der Waals surface area contributed by atoms with E-state index in [0.717, 1.165) is 22.9 Å². The first kappa shape index (κ1) is 22.9. The molecule has 3 amide bonds. The zero-order chi connectivity index (χ0) is 24.1. The van der Waals surface area contributed by atoms with Gasteiger partial charge in [0.05, 0.1) is 13.7 Å². The van der Waals surface area contributed by atoms with Crippen molar-refractivity contribution in [1.82, 2.24) is 20.0 Å². The summed E-state index contributed by atoms with van der Waals surface area (Å²) in [5.41, 5.74) is 1.12. The van der Waals surface area contributed by atoms with Crippen LogP contribution in [0.4, 0.5) is 14.9 Å². The topological polar surface area (TPSA) is 68.4 Å². The lowest BCUT2D eigenvalue weighted by molar-refractivity contribution is -0.139. The second kappa shape index (κ2) is 8.72. The molecule has 3 fully saturated rings. The molecule has 8 nitrogen and oxygen atoms in total. The summed E-state index contributed by atoms with van der Waals surface area (Å²) < 4.78 is 19.7. The first-order chi connectivity index (χ1) is 16.3. The van der Waals surface area contributed by atoms with Gasteiger partial charge in [-0.1, -0.05) is 24.6 Å². The number of hydrogen-bond donors (Lipinski definition) is 1. The molecule has 34 heavy (non-hydrogen) atoms. The van der Waals surface area contributed by atoms with Gasteiger partial charge in [-0.2, -0.15) is 0 Å². The zero-order valence-electron chi connectivity index (χ0n) is 19.2. The second-order valence-electron chi connectivity index (χ2n) is 9.10. The fraction of sp³-hybridized carbons (Fsp3) is 0.417. The summed E-state index contributed by atoms with van der Waals surface area (Å²) >= 11 is 6.19. The van der Waals surface area contributed by atoms with E-state index < -0.39 is 24.1 Å². The van der Waals surface area contributed by atoms with Crippen molar-refractivity contribution < 1.29 is 18.7 Å². The Bertz CT molecular complexity index is 1100. The van der Waals surface area contributed by atoms with Crippen molar-refractivity contribution in [2.24, 2.45) is 5.92 Å². The van der Waals surface area contributed by atoms with Crippen LogP contribution in [0, 0.1) is 11.7 Å². The number of methoxy groups -OCH3 is 1. The van der Waals surface area contributed by atoms with Crippen molar-refractivity contribution in [3.05, 3.63) is 58.9 Å². The van der Waals surface area contributed by atoms with Gasteiger partial charge in [0, 0.05) is 36.4 Å². The van der Waals surface area contributed by atoms with Crippen LogP contribution in [-0.4, -0.2) is 72.4 Å². The first-order valence-corrected chi connectivity index (χ1v) is 11.6. The Morgan fingerprint density at radius 2 is 1.88 bits per heavy atom. The van der Waals surface area contributed by atoms with Crippen LogP contribution in [0.3, 0.4) is 0 Å². The molecule has 0 bridgehead atoms. The van der Waals surface area contributed by atoms with Crippen LogP contribution in [0.2, 0.25) is 5.02 Å². The first-order valence-electron chi connectivity index (χ1n) is 11.2. The normalized spacial score (nSPS) is 27.1. The van der Waals surface area contributed by atoms with Crippen molar-refractivity contribution in [2.45, 2.75) is 32.0 Å². The van der Waals surface area contributed by atoms with E-state index in [1.165, 1.54) is 17.0 Å². The minimum Gasteiger partial charge on any atom is -0.497 e. The van der Waals surface area contributed by atoms with Crippen LogP contribution < -0.4 is 15.0 Å². The molecule has 4 atom stereocenters. The van der Waals surface area contributed by atoms with Gasteiger partial charge in [-0.15, -0.1) is 0 Å². The number of halogens is 2. The van der Waals surface area contributed by atoms with Gasteiger partial charge in [0.15, 0.2) is 0 Å². The molecule has 0 radical (unpaired) electrons. The van der Waals surface area contributed by atoms with E-state index in [1.54, 1.807) is 20.2 Å². The molecule has 0 aliphatic carbocycles. The predicted molar refractivity (Wildman–Crippen MR) is 126 cm³/mol. The molecule has 3 aliphatic rings. The number of likely N-dealkylation sites (N-methyl/N-ethyl adjacent to an activating group) is 1. The van der Waals surface area contributed by atoms with E-state index >= 15 is 0 Å². The van der Waals surface area contributed by atoms with Crippen LogP contribution in [0.15, 0.2) is 42.5 Å². The van der Waals surface area contributed by atoms with E-state index in [0.29, 0.717) is 6.54 Å². The third-order valence-electron chi connectivity index (χ3n) is 6.87. The van der Waals surface area contributed by atoms with E-state index in [4.69, 9.17) is 16.3 Å². The molecule has 3 heterocycles. The van der Waals surface area contributed by atoms with E-state index in [1.807, 2.05) is 24.3 Å². The summed E-state index contributed by atoms with van der Waals surface area (Å²) in [6.07, 6.45) is -0.765. The van der Waals surface area contributed by atoms with Crippen LogP contribution in [-0.2, 0) is 11.3 Å². The van der Waals surface area contributed by atoms with Crippen LogP contribution in [0.25, 0.3) is 0 Å². The number of urea groups is 1. The summed E-state index contributed by atoms with van der Waals surface area (Å²) in [5.74, 6) is 0.148. The summed E-state index contributed by atoms with van der Waals surface area (Å²) in [6.45, 7) is 3.40. The molecular formula is C24H27ClFN5O3. The number of rotatable bonds is 4. The van der Waals surface area contributed by atoms with E-state index in [2.05, 4.69) is 22.0 Å². The minimum absolute atomic E-state index is 0.132. The SMILES string of the molecule is COc1ccc(N2CC(C)CN3C4C(=O)N(Cc5c(F)cccc5Cl)C(=O)N(C)C4NC23)cc1. The standard InChI is InChI=1S/C24H27ClFN5O3/c1-14-11-29(15-7-9-16(34-3)10-8-15)23-27-21-20(30(23)12-14)22(32)31(24(33)28(21)2)13-17-18(25)5-4-6-19(17)26/h4-10,14,20-21,23,27H,11-13H2,1-3H3. The Morgan fingerprint density at radius 3 is 2.56 bits per heavy atom. The lowest BCUT2D eigenvalue weighted by Crippen LogP contribution is -2.66. The highest BCUT2D eigenvalue weighted by Crippen LogP contribution is 2.35. The van der Waals surface area contributed by atoms with Gasteiger partial charge < -0.3 is 14.5 Å². The van der Waals surface area contributed by atoms with Gasteiger partial charge in [-0.25, -0.2) is 9.18 Å². The number of carbonyl (C=O) groups is 2. The van der Waals surface area contributed by atoms with E-state index in [-0.39, 0.29) is 35.2 Å². The Kier molecular flexibility index (Phi) is 5.87. The van der Waals surface area contributed by atoms with Crippen LogP contribution in [0.1, 0.15) is 12.5 Å². The molecule has 3 aliphatic heterocycles. The number of benzene rings is 2. The maximum atomic E-state index is 14.5. The molecule has 2 aromatic carbocycles. The maximum absolute atomic E-state index is 14.5. The average molecular weight is 488 g/mol. The predicted octanol–water partition coefficient (Wildman–Crippen LogP) is 2.92. The van der Waals surface area contributed by atoms with Gasteiger partial charge >= 0.3 is 6.03 Å². The zero-order valence-corrected chi connectivity index (χ0v) is 20.0. The number of imide groups is 1. The highest BCUT2D eigenvalue weighted by Gasteiger charge is 2.56. The number of fused-ring (bicyclic) bond motifs is 3. The number of nitrogens with zero attached hydrogens (tertiary/aromatic N) is 4. The highest BCUT2D eigenvalue weighted by molar-refractivity contribution is 6.31.